The highest BCUT2D eigenvalue weighted by molar-refractivity contribution is 4.90. The summed E-state index contributed by atoms with van der Waals surface area (Å²) in [6.07, 6.45) is 3.05. The van der Waals surface area contributed by atoms with E-state index in [-0.39, 0.29) is 5.92 Å². The van der Waals surface area contributed by atoms with Gasteiger partial charge < -0.3 is 0 Å². The van der Waals surface area contributed by atoms with Gasteiger partial charge in [0.2, 0.25) is 0 Å². The first-order valence-corrected chi connectivity index (χ1v) is 5.12. The topological polar surface area (TPSA) is 0 Å². The van der Waals surface area contributed by atoms with Gasteiger partial charge in [-0.3, -0.25) is 0 Å². The van der Waals surface area contributed by atoms with Gasteiger partial charge in [0, 0.05) is 0 Å². The third-order valence-electron chi connectivity index (χ3n) is 3.30. The van der Waals surface area contributed by atoms with Gasteiger partial charge in [-0.1, -0.05) is 27.2 Å². The summed E-state index contributed by atoms with van der Waals surface area (Å²) in [7, 11) is 0. The van der Waals surface area contributed by atoms with E-state index in [0.717, 1.165) is 12.8 Å². The fourth-order valence-corrected chi connectivity index (χ4v) is 2.73. The molecule has 1 rings (SSSR count). The average Bonchev–Trinajstić information content (AvgIpc) is 1.82. The molecule has 0 aromatic carbocycles. The molecule has 12 heavy (non-hydrogen) atoms. The molecular formula is C11H21F. The molecule has 0 aromatic heterocycles. The van der Waals surface area contributed by atoms with Crippen LogP contribution in [-0.4, -0.2) is 5.67 Å². The standard InChI is InChI=1S/C11H21F/c1-8(2)10-6-5-9(3)7-11(10,4)12/h8-10H,5-7H2,1-4H3. The van der Waals surface area contributed by atoms with Crippen LogP contribution >= 0.6 is 0 Å². The molecule has 1 aliphatic rings. The van der Waals surface area contributed by atoms with E-state index in [1.807, 2.05) is 0 Å². The van der Waals surface area contributed by atoms with Crippen molar-refractivity contribution >= 4 is 0 Å². The van der Waals surface area contributed by atoms with Crippen LogP contribution in [0.15, 0.2) is 0 Å². The molecule has 0 aromatic rings. The second kappa shape index (κ2) is 3.35. The summed E-state index contributed by atoms with van der Waals surface area (Å²) in [6, 6.07) is 0. The van der Waals surface area contributed by atoms with Gasteiger partial charge in [0.15, 0.2) is 0 Å². The van der Waals surface area contributed by atoms with Crippen LogP contribution in [0.2, 0.25) is 0 Å². The minimum Gasteiger partial charge on any atom is -0.244 e. The summed E-state index contributed by atoms with van der Waals surface area (Å²) < 4.78 is 14.0. The maximum atomic E-state index is 14.0. The van der Waals surface area contributed by atoms with E-state index in [2.05, 4.69) is 20.8 Å². The number of rotatable bonds is 1. The van der Waals surface area contributed by atoms with Crippen molar-refractivity contribution in [2.45, 2.75) is 52.6 Å². The SMILES string of the molecule is CC1CCC(C(C)C)C(C)(F)C1. The highest BCUT2D eigenvalue weighted by Crippen LogP contribution is 2.43. The summed E-state index contributed by atoms with van der Waals surface area (Å²) in [4.78, 5) is 0. The smallest absolute Gasteiger partial charge is 0.111 e. The predicted molar refractivity (Wildman–Crippen MR) is 50.9 cm³/mol. The maximum Gasteiger partial charge on any atom is 0.111 e. The lowest BCUT2D eigenvalue weighted by Gasteiger charge is -2.40. The van der Waals surface area contributed by atoms with Crippen LogP contribution in [0.3, 0.4) is 0 Å². The summed E-state index contributed by atoms with van der Waals surface area (Å²) in [5, 5.41) is 0. The Hall–Kier alpha value is -0.0700. The zero-order chi connectivity index (χ0) is 9.35. The van der Waals surface area contributed by atoms with Crippen LogP contribution in [0, 0.1) is 17.8 Å². The Kier molecular flexibility index (Phi) is 2.80. The Balaban J connectivity index is 2.64. The summed E-state index contributed by atoms with van der Waals surface area (Å²) in [5.41, 5.74) is -0.911. The molecule has 1 fully saturated rings. The predicted octanol–water partition coefficient (Wildman–Crippen LogP) is 3.81. The zero-order valence-corrected chi connectivity index (χ0v) is 8.73. The fraction of sp³-hybridized carbons (Fsp3) is 1.00. The fourth-order valence-electron chi connectivity index (χ4n) is 2.73. The first kappa shape index (κ1) is 10.0. The minimum atomic E-state index is -0.911. The molecule has 1 heteroatoms. The largest absolute Gasteiger partial charge is 0.244 e. The van der Waals surface area contributed by atoms with Gasteiger partial charge in [-0.25, -0.2) is 4.39 Å². The third kappa shape index (κ3) is 1.99. The Morgan fingerprint density at radius 1 is 1.33 bits per heavy atom. The number of hydrogen-bond donors (Lipinski definition) is 0. The Morgan fingerprint density at radius 3 is 2.33 bits per heavy atom. The third-order valence-corrected chi connectivity index (χ3v) is 3.30. The van der Waals surface area contributed by atoms with Crippen LogP contribution in [-0.2, 0) is 0 Å². The van der Waals surface area contributed by atoms with E-state index >= 15 is 0 Å². The molecule has 0 saturated heterocycles. The molecule has 3 atom stereocenters. The average molecular weight is 172 g/mol. The highest BCUT2D eigenvalue weighted by atomic mass is 19.1. The van der Waals surface area contributed by atoms with Crippen molar-refractivity contribution in [1.82, 2.24) is 0 Å². The van der Waals surface area contributed by atoms with Crippen molar-refractivity contribution in [3.05, 3.63) is 0 Å². The van der Waals surface area contributed by atoms with E-state index in [4.69, 9.17) is 0 Å². The summed E-state index contributed by atoms with van der Waals surface area (Å²) in [5.74, 6) is 1.36. The number of alkyl halides is 1. The normalized spacial score (nSPS) is 43.5. The van der Waals surface area contributed by atoms with Gasteiger partial charge in [0.05, 0.1) is 0 Å². The lowest BCUT2D eigenvalue weighted by Crippen LogP contribution is -2.39. The van der Waals surface area contributed by atoms with Crippen molar-refractivity contribution in [2.24, 2.45) is 17.8 Å². The minimum absolute atomic E-state index is 0.286. The molecule has 0 aliphatic heterocycles. The molecule has 0 bridgehead atoms. The van der Waals surface area contributed by atoms with Crippen molar-refractivity contribution in [3.8, 4) is 0 Å². The molecular weight excluding hydrogens is 151 g/mol. The molecule has 0 spiro atoms. The molecule has 3 unspecified atom stereocenters. The van der Waals surface area contributed by atoms with Crippen LogP contribution < -0.4 is 0 Å². The van der Waals surface area contributed by atoms with E-state index in [0.29, 0.717) is 11.8 Å². The molecule has 0 N–H and O–H groups in total. The monoisotopic (exact) mass is 172 g/mol. The van der Waals surface area contributed by atoms with E-state index in [9.17, 15) is 4.39 Å². The van der Waals surface area contributed by atoms with Gasteiger partial charge in [-0.05, 0) is 37.5 Å². The van der Waals surface area contributed by atoms with Gasteiger partial charge in [-0.15, -0.1) is 0 Å². The quantitative estimate of drug-likeness (QED) is 0.564. The van der Waals surface area contributed by atoms with E-state index in [1.165, 1.54) is 6.42 Å². The summed E-state index contributed by atoms with van der Waals surface area (Å²) >= 11 is 0. The van der Waals surface area contributed by atoms with Crippen molar-refractivity contribution in [1.29, 1.82) is 0 Å². The summed E-state index contributed by atoms with van der Waals surface area (Å²) in [6.45, 7) is 8.22. The van der Waals surface area contributed by atoms with Crippen LogP contribution in [0.1, 0.15) is 47.0 Å². The second-order valence-corrected chi connectivity index (χ2v) is 5.02. The second-order valence-electron chi connectivity index (χ2n) is 5.02. The lowest BCUT2D eigenvalue weighted by molar-refractivity contribution is 0.00866. The number of halogens is 1. The van der Waals surface area contributed by atoms with Crippen molar-refractivity contribution < 1.29 is 4.39 Å². The first-order chi connectivity index (χ1) is 5.43. The molecule has 0 nitrogen and oxygen atoms in total. The van der Waals surface area contributed by atoms with Crippen LogP contribution in [0.4, 0.5) is 4.39 Å². The maximum absolute atomic E-state index is 14.0. The van der Waals surface area contributed by atoms with Crippen LogP contribution in [0.25, 0.3) is 0 Å². The lowest BCUT2D eigenvalue weighted by atomic mass is 9.69. The molecule has 1 saturated carbocycles. The van der Waals surface area contributed by atoms with Gasteiger partial charge >= 0.3 is 0 Å². The van der Waals surface area contributed by atoms with Gasteiger partial charge in [-0.2, -0.15) is 0 Å². The zero-order valence-electron chi connectivity index (χ0n) is 8.73. The molecule has 1 aliphatic carbocycles. The Labute approximate surface area is 75.5 Å². The Morgan fingerprint density at radius 2 is 1.92 bits per heavy atom. The molecule has 0 heterocycles. The van der Waals surface area contributed by atoms with Gasteiger partial charge in [0.1, 0.15) is 5.67 Å². The first-order valence-electron chi connectivity index (χ1n) is 5.12. The molecule has 72 valence electrons. The van der Waals surface area contributed by atoms with Crippen molar-refractivity contribution in [2.75, 3.05) is 0 Å². The highest BCUT2D eigenvalue weighted by Gasteiger charge is 2.40. The van der Waals surface area contributed by atoms with E-state index < -0.39 is 5.67 Å². The van der Waals surface area contributed by atoms with Gasteiger partial charge in [0.25, 0.3) is 0 Å². The van der Waals surface area contributed by atoms with Crippen LogP contribution in [0.5, 0.6) is 0 Å². The van der Waals surface area contributed by atoms with Crippen molar-refractivity contribution in [3.63, 3.8) is 0 Å². The molecule has 0 amide bonds. The van der Waals surface area contributed by atoms with E-state index in [1.54, 1.807) is 6.92 Å². The number of hydrogen-bond acceptors (Lipinski definition) is 0. The molecule has 0 radical (unpaired) electrons. The Bertz CT molecular complexity index is 149.